The van der Waals surface area contributed by atoms with E-state index in [1.807, 2.05) is 0 Å². The lowest BCUT2D eigenvalue weighted by atomic mass is 9.47. The number of fused-ring (bicyclic) bond motifs is 5. The lowest BCUT2D eigenvalue weighted by Gasteiger charge is -2.58. The van der Waals surface area contributed by atoms with Crippen molar-refractivity contribution in [1.29, 1.82) is 0 Å². The van der Waals surface area contributed by atoms with Crippen LogP contribution in [0.2, 0.25) is 0 Å². The molecule has 0 spiro atoms. The molecule has 63 heavy (non-hydrogen) atoms. The summed E-state index contributed by atoms with van der Waals surface area (Å²) in [6.45, 7) is 24.0. The van der Waals surface area contributed by atoms with Crippen LogP contribution in [0.4, 0.5) is 0 Å². The van der Waals surface area contributed by atoms with Gasteiger partial charge in [0.05, 0.1) is 44.7 Å². The van der Waals surface area contributed by atoms with E-state index >= 15 is 0 Å². The van der Waals surface area contributed by atoms with E-state index in [1.54, 1.807) is 5.57 Å². The normalized spacial score (nSPS) is 30.4. The summed E-state index contributed by atoms with van der Waals surface area (Å²) in [5, 5.41) is 0. The van der Waals surface area contributed by atoms with Gasteiger partial charge in [-0.1, -0.05) is 142 Å². The van der Waals surface area contributed by atoms with Crippen LogP contribution < -0.4 is 0 Å². The maximum atomic E-state index is 6.73. The highest BCUT2D eigenvalue weighted by Crippen LogP contribution is 2.67. The van der Waals surface area contributed by atoms with Crippen molar-refractivity contribution in [3.8, 4) is 0 Å². The second kappa shape index (κ2) is 29.0. The average molecular weight is 878 g/mol. The number of hydrogen-bond donors (Lipinski definition) is 0. The van der Waals surface area contributed by atoms with E-state index in [2.05, 4.69) is 83.7 Å². The molecule has 5 rings (SSSR count). The summed E-state index contributed by atoms with van der Waals surface area (Å²) >= 11 is 0. The monoisotopic (exact) mass is 878 g/mol. The summed E-state index contributed by atoms with van der Waals surface area (Å²) in [4.78, 5) is 2.58. The molecule has 0 aromatic heterocycles. The van der Waals surface area contributed by atoms with Gasteiger partial charge in [0.25, 0.3) is 0 Å². The predicted octanol–water partition coefficient (Wildman–Crippen LogP) is 15.5. The van der Waals surface area contributed by atoms with Gasteiger partial charge in [-0.2, -0.15) is 0 Å². The molecule has 5 unspecified atom stereocenters. The molecule has 0 aromatic rings. The number of allylic oxidation sites excluding steroid dienone is 5. The Morgan fingerprint density at radius 3 is 2.21 bits per heavy atom. The van der Waals surface area contributed by atoms with Crippen LogP contribution in [-0.4, -0.2) is 75.9 Å². The molecular formula is C58H103NO4. The van der Waals surface area contributed by atoms with E-state index in [4.69, 9.17) is 18.9 Å². The third-order valence-electron chi connectivity index (χ3n) is 17.3. The molecule has 0 N–H and O–H groups in total. The molecule has 10 atom stereocenters. The Kier molecular flexibility index (Phi) is 24.4. The summed E-state index contributed by atoms with van der Waals surface area (Å²) in [7, 11) is 0. The Morgan fingerprint density at radius 1 is 0.714 bits per heavy atom. The van der Waals surface area contributed by atoms with Crippen molar-refractivity contribution in [3.63, 3.8) is 0 Å². The van der Waals surface area contributed by atoms with Crippen LogP contribution >= 0.6 is 0 Å². The smallest absolute Gasteiger partial charge is 0.0936 e. The number of likely N-dealkylation sites (tertiary alicyclic amines) is 1. The maximum Gasteiger partial charge on any atom is 0.0936 e. The zero-order valence-corrected chi connectivity index (χ0v) is 42.7. The Bertz CT molecular complexity index is 1300. The molecule has 364 valence electrons. The number of nitrogens with zero attached hydrogens (tertiary/aromatic N) is 1. The van der Waals surface area contributed by atoms with Crippen molar-refractivity contribution in [2.75, 3.05) is 52.7 Å². The molecule has 5 nitrogen and oxygen atoms in total. The predicted molar refractivity (Wildman–Crippen MR) is 268 cm³/mol. The molecule has 0 radical (unpaired) electrons. The fourth-order valence-corrected chi connectivity index (χ4v) is 13.6. The minimum atomic E-state index is 0.103. The largest absolute Gasteiger partial charge is 0.379 e. The highest BCUT2D eigenvalue weighted by molar-refractivity contribution is 5.25. The number of ether oxygens (including phenoxy) is 4. The molecule has 1 saturated heterocycles. The van der Waals surface area contributed by atoms with E-state index in [0.717, 1.165) is 67.9 Å². The van der Waals surface area contributed by atoms with E-state index in [-0.39, 0.29) is 12.2 Å². The quantitative estimate of drug-likeness (QED) is 0.0497. The molecule has 0 bridgehead atoms. The summed E-state index contributed by atoms with van der Waals surface area (Å²) in [5.74, 6) is 5.34. The SMILES string of the molecule is CCCCC/C=C\C/C=C\CCCCCCCCOCC(CN1CCCCC1)OCCOCC(C)O[C@H]1CC[C@@]2(C)C(=CCC3C2CC[C@@]2(C)C3CC[C@@H]2[C@H](C)CCCC(C)C)C1. The molecule has 3 saturated carbocycles. The molecule has 0 amide bonds. The number of unbranched alkanes of at least 4 members (excludes halogenated alkanes) is 9. The molecule has 5 aliphatic rings. The van der Waals surface area contributed by atoms with Gasteiger partial charge in [-0.15, -0.1) is 0 Å². The maximum absolute atomic E-state index is 6.73. The summed E-state index contributed by atoms with van der Waals surface area (Å²) in [6.07, 6.45) is 47.0. The van der Waals surface area contributed by atoms with Crippen LogP contribution in [0.15, 0.2) is 36.0 Å². The first kappa shape index (κ1) is 53.0. The summed E-state index contributed by atoms with van der Waals surface area (Å²) in [6, 6.07) is 0. The van der Waals surface area contributed by atoms with Crippen LogP contribution in [0.5, 0.6) is 0 Å². The summed E-state index contributed by atoms with van der Waals surface area (Å²) < 4.78 is 25.6. The van der Waals surface area contributed by atoms with Crippen molar-refractivity contribution in [1.82, 2.24) is 4.90 Å². The number of rotatable bonds is 32. The zero-order chi connectivity index (χ0) is 44.8. The number of hydrogen-bond acceptors (Lipinski definition) is 5. The van der Waals surface area contributed by atoms with E-state index in [9.17, 15) is 0 Å². The topological polar surface area (TPSA) is 40.2 Å². The van der Waals surface area contributed by atoms with Crippen LogP contribution in [-0.2, 0) is 18.9 Å². The van der Waals surface area contributed by atoms with Crippen molar-refractivity contribution < 1.29 is 18.9 Å². The van der Waals surface area contributed by atoms with Gasteiger partial charge in [0, 0.05) is 13.2 Å². The summed E-state index contributed by atoms with van der Waals surface area (Å²) in [5.41, 5.74) is 2.67. The standard InChI is InChI=1S/C58H103NO4/c1-8-9-10-11-12-13-14-15-16-17-18-19-20-21-22-26-40-60-46-52(44-59-38-24-23-25-39-59)62-42-41-61-45-49(5)63-51-34-36-57(6)50(43-51)30-31-53-55-33-32-54(48(4)29-27-28-47(2)3)58(55,7)37-35-56(53)57/h12-13,15-16,30,47-49,51-56H,8-11,14,17-29,31-46H2,1-7H3/b13-12-,16-15-/t48-,49?,51+,52?,53?,54-,55?,56?,57+,58-/m1/s1. The van der Waals surface area contributed by atoms with Crippen molar-refractivity contribution in [3.05, 3.63) is 36.0 Å². The van der Waals surface area contributed by atoms with E-state index < -0.39 is 0 Å². The molecule has 4 fully saturated rings. The highest BCUT2D eigenvalue weighted by Gasteiger charge is 2.59. The van der Waals surface area contributed by atoms with E-state index in [1.165, 1.54) is 161 Å². The Hall–Kier alpha value is -0.980. The Morgan fingerprint density at radius 2 is 1.44 bits per heavy atom. The van der Waals surface area contributed by atoms with Crippen molar-refractivity contribution in [2.45, 2.75) is 234 Å². The van der Waals surface area contributed by atoms with Crippen LogP contribution in [0.25, 0.3) is 0 Å². The average Bonchev–Trinajstić information content (AvgIpc) is 3.63. The van der Waals surface area contributed by atoms with Gasteiger partial charge in [0.15, 0.2) is 0 Å². The molecule has 1 heterocycles. The van der Waals surface area contributed by atoms with Gasteiger partial charge in [-0.05, 0) is 169 Å². The van der Waals surface area contributed by atoms with Crippen LogP contribution in [0.3, 0.4) is 0 Å². The van der Waals surface area contributed by atoms with Gasteiger partial charge < -0.3 is 23.8 Å². The fraction of sp³-hybridized carbons (Fsp3) is 0.897. The van der Waals surface area contributed by atoms with Gasteiger partial charge in [0.2, 0.25) is 0 Å². The first-order chi connectivity index (χ1) is 30.6. The molecule has 0 aromatic carbocycles. The van der Waals surface area contributed by atoms with Crippen molar-refractivity contribution in [2.24, 2.45) is 46.3 Å². The first-order valence-corrected chi connectivity index (χ1v) is 27.8. The Balaban J connectivity index is 0.932. The second-order valence-electron chi connectivity index (χ2n) is 22.7. The lowest BCUT2D eigenvalue weighted by Crippen LogP contribution is -2.51. The van der Waals surface area contributed by atoms with Gasteiger partial charge in [0.1, 0.15) is 0 Å². The Labute approximate surface area is 391 Å². The molecular weight excluding hydrogens is 775 g/mol. The zero-order valence-electron chi connectivity index (χ0n) is 42.7. The molecule has 4 aliphatic carbocycles. The minimum absolute atomic E-state index is 0.103. The highest BCUT2D eigenvalue weighted by atomic mass is 16.6. The lowest BCUT2D eigenvalue weighted by molar-refractivity contribution is -0.0932. The molecule has 5 heteroatoms. The van der Waals surface area contributed by atoms with Crippen LogP contribution in [0.1, 0.15) is 215 Å². The van der Waals surface area contributed by atoms with E-state index in [0.29, 0.717) is 43.4 Å². The van der Waals surface area contributed by atoms with Gasteiger partial charge >= 0.3 is 0 Å². The van der Waals surface area contributed by atoms with Gasteiger partial charge in [-0.3, -0.25) is 0 Å². The second-order valence-corrected chi connectivity index (χ2v) is 22.7. The minimum Gasteiger partial charge on any atom is -0.379 e. The molecule has 1 aliphatic heterocycles. The third-order valence-corrected chi connectivity index (χ3v) is 17.3. The van der Waals surface area contributed by atoms with Gasteiger partial charge in [-0.25, -0.2) is 0 Å². The first-order valence-electron chi connectivity index (χ1n) is 27.8. The van der Waals surface area contributed by atoms with Crippen LogP contribution in [0, 0.1) is 46.3 Å². The fourth-order valence-electron chi connectivity index (χ4n) is 13.6. The van der Waals surface area contributed by atoms with Crippen molar-refractivity contribution >= 4 is 0 Å². The third kappa shape index (κ3) is 17.2. The number of piperidine rings is 1.